The summed E-state index contributed by atoms with van der Waals surface area (Å²) < 4.78 is 65.6. The lowest BCUT2D eigenvalue weighted by molar-refractivity contribution is -0.0312. The van der Waals surface area contributed by atoms with Crippen LogP contribution in [0.4, 0.5) is 0 Å². The summed E-state index contributed by atoms with van der Waals surface area (Å²) in [6, 6.07) is 12.7. The van der Waals surface area contributed by atoms with Gasteiger partial charge < -0.3 is 19.9 Å². The van der Waals surface area contributed by atoms with Crippen molar-refractivity contribution < 1.29 is 31.4 Å². The van der Waals surface area contributed by atoms with E-state index in [-0.39, 0.29) is 29.0 Å². The van der Waals surface area contributed by atoms with Crippen LogP contribution < -0.4 is 14.8 Å². The molecule has 2 fully saturated rings. The molecule has 2 aromatic rings. The lowest BCUT2D eigenvalue weighted by Gasteiger charge is -2.38. The molecule has 0 aliphatic carbocycles. The van der Waals surface area contributed by atoms with Crippen molar-refractivity contribution in [3.8, 4) is 11.8 Å². The predicted octanol–water partition coefficient (Wildman–Crippen LogP) is 1.12. The van der Waals surface area contributed by atoms with Crippen molar-refractivity contribution in [3.63, 3.8) is 0 Å². The van der Waals surface area contributed by atoms with Gasteiger partial charge in [-0.15, -0.1) is 0 Å². The van der Waals surface area contributed by atoms with E-state index in [4.69, 9.17) is 9.47 Å². The Kier molecular flexibility index (Phi) is 8.97. The van der Waals surface area contributed by atoms with E-state index in [9.17, 15) is 27.2 Å². The Morgan fingerprint density at radius 3 is 2.62 bits per heavy atom. The second-order valence-corrected chi connectivity index (χ2v) is 13.8. The summed E-state index contributed by atoms with van der Waals surface area (Å²) in [7, 11) is -5.97. The Hall–Kier alpha value is -2.57. The summed E-state index contributed by atoms with van der Waals surface area (Å²) >= 11 is 0. The average molecular weight is 579 g/mol. The Bertz CT molecular complexity index is 1430. The average Bonchev–Trinajstić information content (AvgIpc) is 3.33. The number of sulfonamides is 2. The maximum Gasteiger partial charge on any atom is 0.243 e. The zero-order valence-corrected chi connectivity index (χ0v) is 23.6. The second-order valence-electron chi connectivity index (χ2n) is 9.94. The molecule has 11 nitrogen and oxygen atoms in total. The molecule has 1 spiro atoms. The lowest BCUT2D eigenvalue weighted by atomic mass is 9.88. The maximum absolute atomic E-state index is 13.1. The van der Waals surface area contributed by atoms with E-state index in [1.165, 1.54) is 35.6 Å². The Balaban J connectivity index is 1.24. The number of hydrogen-bond donors (Lipinski definition) is 3. The van der Waals surface area contributed by atoms with Crippen LogP contribution in [0.25, 0.3) is 0 Å². The normalized spacial score (nSPS) is 20.5. The van der Waals surface area contributed by atoms with E-state index in [0.29, 0.717) is 50.3 Å². The first kappa shape index (κ1) is 29.4. The minimum Gasteiger partial charge on any atom is -0.491 e. The van der Waals surface area contributed by atoms with Gasteiger partial charge in [0.25, 0.3) is 0 Å². The molecule has 2 aliphatic rings. The first-order valence-electron chi connectivity index (χ1n) is 12.7. The second kappa shape index (κ2) is 11.9. The highest BCUT2D eigenvalue weighted by atomic mass is 32.2. The van der Waals surface area contributed by atoms with Gasteiger partial charge in [0.2, 0.25) is 20.0 Å². The Morgan fingerprint density at radius 1 is 1.18 bits per heavy atom. The van der Waals surface area contributed by atoms with Crippen LogP contribution >= 0.6 is 0 Å². The number of nitrogens with zero attached hydrogens (tertiary/aromatic N) is 2. The van der Waals surface area contributed by atoms with Crippen molar-refractivity contribution >= 4 is 20.0 Å². The molecule has 3 N–H and O–H groups in total. The Morgan fingerprint density at radius 2 is 1.92 bits per heavy atom. The number of benzene rings is 2. The van der Waals surface area contributed by atoms with Crippen LogP contribution in [-0.4, -0.2) is 83.9 Å². The highest BCUT2D eigenvalue weighted by Gasteiger charge is 2.44. The van der Waals surface area contributed by atoms with E-state index in [1.807, 2.05) is 6.07 Å². The van der Waals surface area contributed by atoms with Crippen LogP contribution in [0.2, 0.25) is 0 Å². The molecular weight excluding hydrogens is 544 g/mol. The third kappa shape index (κ3) is 6.78. The molecule has 0 aromatic heterocycles. The fourth-order valence-electron chi connectivity index (χ4n) is 4.89. The molecular formula is C26H34N4O7S2. The number of hydrogen-bond acceptors (Lipinski definition) is 9. The number of rotatable bonds is 10. The zero-order chi connectivity index (χ0) is 28.3. The van der Waals surface area contributed by atoms with Gasteiger partial charge in [-0.25, -0.2) is 21.6 Å². The first-order valence-corrected chi connectivity index (χ1v) is 15.6. The van der Waals surface area contributed by atoms with E-state index in [0.717, 1.165) is 5.56 Å². The highest BCUT2D eigenvalue weighted by Crippen LogP contribution is 2.37. The van der Waals surface area contributed by atoms with Crippen LogP contribution in [0.1, 0.15) is 30.4 Å². The van der Waals surface area contributed by atoms with Crippen LogP contribution in [0.5, 0.6) is 5.75 Å². The fourth-order valence-corrected chi connectivity index (χ4v) is 7.13. The van der Waals surface area contributed by atoms with Gasteiger partial charge in [0, 0.05) is 31.7 Å². The van der Waals surface area contributed by atoms with Crippen molar-refractivity contribution in [1.29, 1.82) is 5.26 Å². The molecule has 13 heteroatoms. The molecule has 2 aromatic carbocycles. The van der Waals surface area contributed by atoms with Crippen LogP contribution in [0, 0.1) is 18.3 Å². The third-order valence-electron chi connectivity index (χ3n) is 7.28. The summed E-state index contributed by atoms with van der Waals surface area (Å²) in [5.41, 5.74) is 0.661. The number of ether oxygens (including phenoxy) is 2. The monoisotopic (exact) mass is 578 g/mol. The minimum absolute atomic E-state index is 0.00203. The van der Waals surface area contributed by atoms with Crippen molar-refractivity contribution in [2.24, 2.45) is 0 Å². The molecule has 212 valence electrons. The molecule has 1 unspecified atom stereocenters. The number of aliphatic hydroxyl groups excluding tert-OH is 1. The third-order valence-corrected chi connectivity index (χ3v) is 10.6. The molecule has 0 bridgehead atoms. The van der Waals surface area contributed by atoms with Gasteiger partial charge in [0.05, 0.1) is 33.6 Å². The SMILES string of the molecule is CNS(=O)(=O)c1cccc(OC[C@@H](O)CNC2COC3(CCN(S(=O)(=O)c4ccc(C)c(C#N)c4)CC3)C2)c1. The molecule has 2 heterocycles. The summed E-state index contributed by atoms with van der Waals surface area (Å²) in [4.78, 5) is 0.201. The van der Waals surface area contributed by atoms with Gasteiger partial charge in [-0.3, -0.25) is 0 Å². The summed E-state index contributed by atoms with van der Waals surface area (Å²) in [5.74, 6) is 0.338. The van der Waals surface area contributed by atoms with Crippen molar-refractivity contribution in [1.82, 2.24) is 14.3 Å². The Labute approximate surface area is 229 Å². The van der Waals surface area contributed by atoms with Crippen LogP contribution in [-0.2, 0) is 24.8 Å². The quantitative estimate of drug-likeness (QED) is 0.376. The van der Waals surface area contributed by atoms with Gasteiger partial charge >= 0.3 is 0 Å². The van der Waals surface area contributed by atoms with Crippen molar-refractivity contribution in [2.45, 2.75) is 53.7 Å². The topological polar surface area (TPSA) is 158 Å². The van der Waals surface area contributed by atoms with Gasteiger partial charge in [0.1, 0.15) is 18.5 Å². The molecule has 0 saturated carbocycles. The number of aryl methyl sites for hydroxylation is 1. The van der Waals surface area contributed by atoms with Gasteiger partial charge in [-0.2, -0.15) is 9.57 Å². The molecule has 2 aliphatic heterocycles. The smallest absolute Gasteiger partial charge is 0.243 e. The van der Waals surface area contributed by atoms with Crippen molar-refractivity contribution in [2.75, 3.05) is 39.9 Å². The summed E-state index contributed by atoms with van der Waals surface area (Å²) in [5, 5.41) is 22.9. The predicted molar refractivity (Wildman–Crippen MR) is 143 cm³/mol. The first-order chi connectivity index (χ1) is 18.5. The lowest BCUT2D eigenvalue weighted by Crippen LogP contribution is -2.47. The van der Waals surface area contributed by atoms with Gasteiger partial charge in [-0.1, -0.05) is 12.1 Å². The number of piperidine rings is 1. The van der Waals surface area contributed by atoms with Crippen LogP contribution in [0.15, 0.2) is 52.3 Å². The van der Waals surface area contributed by atoms with E-state index >= 15 is 0 Å². The van der Waals surface area contributed by atoms with Gasteiger partial charge in [0.15, 0.2) is 0 Å². The van der Waals surface area contributed by atoms with E-state index in [2.05, 4.69) is 10.0 Å². The summed E-state index contributed by atoms with van der Waals surface area (Å²) in [6.45, 7) is 3.11. The van der Waals surface area contributed by atoms with E-state index < -0.39 is 31.8 Å². The molecule has 0 amide bonds. The zero-order valence-electron chi connectivity index (χ0n) is 22.0. The molecule has 4 rings (SSSR count). The highest BCUT2D eigenvalue weighted by molar-refractivity contribution is 7.89. The fraction of sp³-hybridized carbons (Fsp3) is 0.500. The number of aliphatic hydroxyl groups is 1. The van der Waals surface area contributed by atoms with Crippen LogP contribution in [0.3, 0.4) is 0 Å². The van der Waals surface area contributed by atoms with Crippen molar-refractivity contribution in [3.05, 3.63) is 53.6 Å². The molecule has 2 atom stereocenters. The van der Waals surface area contributed by atoms with Gasteiger partial charge in [-0.05, 0) is 63.1 Å². The standard InChI is InChI=1S/C26H34N4O7S2/c1-19-6-7-25(12-20(19)15-27)39(34,35)30-10-8-26(9-11-30)14-21(17-37-26)29-16-22(31)18-36-23-4-3-5-24(13-23)38(32,33)28-2/h3-7,12-13,21-22,28-29,31H,8-11,14,16-18H2,1-2H3/t21?,22-/m0/s1. The molecule has 39 heavy (non-hydrogen) atoms. The number of nitriles is 1. The summed E-state index contributed by atoms with van der Waals surface area (Å²) in [6.07, 6.45) is 0.977. The molecule has 2 saturated heterocycles. The largest absolute Gasteiger partial charge is 0.491 e. The number of nitrogens with one attached hydrogen (secondary N) is 2. The van der Waals surface area contributed by atoms with E-state index in [1.54, 1.807) is 25.1 Å². The minimum atomic E-state index is -3.71. The molecule has 0 radical (unpaired) electrons. The maximum atomic E-state index is 13.1.